The van der Waals surface area contributed by atoms with Crippen LogP contribution in [-0.2, 0) is 10.2 Å². The van der Waals surface area contributed by atoms with Crippen molar-refractivity contribution in [3.8, 4) is 11.3 Å². The first-order valence-electron chi connectivity index (χ1n) is 5.76. The Hall–Kier alpha value is -1.95. The van der Waals surface area contributed by atoms with Gasteiger partial charge in [-0.2, -0.15) is 0 Å². The summed E-state index contributed by atoms with van der Waals surface area (Å²) < 4.78 is 14.1. The topological polar surface area (TPSA) is 68.0 Å². The molecule has 3 N–H and O–H groups in total. The zero-order valence-electron chi connectivity index (χ0n) is 10.5. The molecule has 2 aromatic rings. The molecule has 0 atom stereocenters. The van der Waals surface area contributed by atoms with Gasteiger partial charge in [0.15, 0.2) is 5.13 Å². The molecular formula is C13H12FN3OS. The number of nitrogen functional groups attached to an aromatic ring is 1. The van der Waals surface area contributed by atoms with Crippen LogP contribution in [0.4, 0.5) is 15.2 Å². The third-order valence-electron chi connectivity index (χ3n) is 3.39. The number of nitrogens with two attached hydrogens (primary N) is 1. The molecule has 0 fully saturated rings. The minimum Gasteiger partial charge on any atom is -0.375 e. The Bertz CT molecular complexity index is 693. The van der Waals surface area contributed by atoms with Crippen LogP contribution >= 0.6 is 11.3 Å². The molecule has 0 radical (unpaired) electrons. The fraction of sp³-hybridized carbons (Fsp3) is 0.231. The number of hydrogen-bond donors (Lipinski definition) is 2. The number of thiazole rings is 1. The van der Waals surface area contributed by atoms with Gasteiger partial charge in [0.1, 0.15) is 5.82 Å². The number of nitrogens with zero attached hydrogens (tertiary/aromatic N) is 1. The van der Waals surface area contributed by atoms with Crippen LogP contribution in [0.2, 0.25) is 0 Å². The summed E-state index contributed by atoms with van der Waals surface area (Å²) in [6.07, 6.45) is 0. The van der Waals surface area contributed by atoms with E-state index >= 15 is 0 Å². The van der Waals surface area contributed by atoms with Gasteiger partial charge in [0.25, 0.3) is 0 Å². The molecule has 2 heterocycles. The van der Waals surface area contributed by atoms with Crippen molar-refractivity contribution in [1.82, 2.24) is 4.98 Å². The molecule has 1 aromatic carbocycles. The standard InChI is InChI=1S/C13H12FN3OS/c1-13(2)7-3-6(9-5-19-12(15)16-9)4-8(14)10(7)17-11(13)18/h3-5H,1-2H3,(H2,15,16)(H,17,18). The Morgan fingerprint density at radius 1 is 1.42 bits per heavy atom. The number of amides is 1. The van der Waals surface area contributed by atoms with Crippen LogP contribution < -0.4 is 11.1 Å². The maximum absolute atomic E-state index is 14.1. The third-order valence-corrected chi connectivity index (χ3v) is 4.06. The number of carbonyl (C=O) groups excluding carboxylic acids is 1. The van der Waals surface area contributed by atoms with Crippen molar-refractivity contribution < 1.29 is 9.18 Å². The highest BCUT2D eigenvalue weighted by molar-refractivity contribution is 7.13. The first-order chi connectivity index (χ1) is 8.89. The van der Waals surface area contributed by atoms with Gasteiger partial charge in [0, 0.05) is 10.9 Å². The van der Waals surface area contributed by atoms with Crippen LogP contribution in [0.3, 0.4) is 0 Å². The number of benzene rings is 1. The van der Waals surface area contributed by atoms with E-state index < -0.39 is 11.2 Å². The predicted molar refractivity (Wildman–Crippen MR) is 73.6 cm³/mol. The van der Waals surface area contributed by atoms with Crippen LogP contribution in [0.5, 0.6) is 0 Å². The first kappa shape index (κ1) is 12.1. The van der Waals surface area contributed by atoms with Crippen LogP contribution in [0.1, 0.15) is 19.4 Å². The Balaban J connectivity index is 2.20. The molecule has 6 heteroatoms. The van der Waals surface area contributed by atoms with Gasteiger partial charge in [-0.25, -0.2) is 9.37 Å². The SMILES string of the molecule is CC1(C)C(=O)Nc2c(F)cc(-c3csc(N)n3)cc21. The second-order valence-corrected chi connectivity index (χ2v) is 5.92. The van der Waals surface area contributed by atoms with Gasteiger partial charge >= 0.3 is 0 Å². The monoisotopic (exact) mass is 277 g/mol. The Kier molecular flexibility index (Phi) is 2.40. The lowest BCUT2D eigenvalue weighted by Gasteiger charge is -2.15. The molecule has 1 aromatic heterocycles. The largest absolute Gasteiger partial charge is 0.375 e. The van der Waals surface area contributed by atoms with E-state index in [9.17, 15) is 9.18 Å². The summed E-state index contributed by atoms with van der Waals surface area (Å²) in [4.78, 5) is 16.0. The second-order valence-electron chi connectivity index (χ2n) is 5.03. The van der Waals surface area contributed by atoms with Crippen LogP contribution in [0, 0.1) is 5.82 Å². The molecule has 0 saturated carbocycles. The summed E-state index contributed by atoms with van der Waals surface area (Å²) in [6.45, 7) is 3.54. The van der Waals surface area contributed by atoms with E-state index in [1.165, 1.54) is 17.4 Å². The molecule has 19 heavy (non-hydrogen) atoms. The fourth-order valence-electron chi connectivity index (χ4n) is 2.19. The molecule has 3 rings (SSSR count). The molecule has 98 valence electrons. The van der Waals surface area contributed by atoms with Gasteiger partial charge in [-0.3, -0.25) is 4.79 Å². The average Bonchev–Trinajstić information content (AvgIpc) is 2.85. The van der Waals surface area contributed by atoms with Crippen LogP contribution in [0.25, 0.3) is 11.3 Å². The number of halogens is 1. The van der Waals surface area contributed by atoms with Gasteiger partial charge in [0.2, 0.25) is 5.91 Å². The summed E-state index contributed by atoms with van der Waals surface area (Å²) >= 11 is 1.30. The highest BCUT2D eigenvalue weighted by Crippen LogP contribution is 2.41. The highest BCUT2D eigenvalue weighted by atomic mass is 32.1. The zero-order chi connectivity index (χ0) is 13.8. The fourth-order valence-corrected chi connectivity index (χ4v) is 2.76. The summed E-state index contributed by atoms with van der Waals surface area (Å²) in [7, 11) is 0. The molecule has 1 aliphatic rings. The normalized spacial score (nSPS) is 16.3. The molecule has 4 nitrogen and oxygen atoms in total. The van der Waals surface area contributed by atoms with E-state index in [-0.39, 0.29) is 11.6 Å². The number of hydrogen-bond acceptors (Lipinski definition) is 4. The lowest BCUT2D eigenvalue weighted by Crippen LogP contribution is -2.26. The van der Waals surface area contributed by atoms with E-state index in [1.54, 1.807) is 25.3 Å². The highest BCUT2D eigenvalue weighted by Gasteiger charge is 2.40. The van der Waals surface area contributed by atoms with Gasteiger partial charge in [0.05, 0.1) is 16.8 Å². The average molecular weight is 277 g/mol. The third kappa shape index (κ3) is 1.71. The molecule has 0 aliphatic carbocycles. The van der Waals surface area contributed by atoms with Crippen LogP contribution in [0.15, 0.2) is 17.5 Å². The summed E-state index contributed by atoms with van der Waals surface area (Å²) in [5.74, 6) is -0.644. The summed E-state index contributed by atoms with van der Waals surface area (Å²) in [6, 6.07) is 3.17. The molecule has 0 saturated heterocycles. The second kappa shape index (κ2) is 3.77. The van der Waals surface area contributed by atoms with Gasteiger partial charge in [-0.1, -0.05) is 0 Å². The molecule has 0 spiro atoms. The smallest absolute Gasteiger partial charge is 0.234 e. The molecule has 1 aliphatic heterocycles. The Labute approximate surface area is 113 Å². The number of aromatic nitrogens is 1. The maximum atomic E-state index is 14.1. The van der Waals surface area contributed by atoms with E-state index in [0.717, 1.165) is 0 Å². The molecule has 1 amide bonds. The Morgan fingerprint density at radius 2 is 2.16 bits per heavy atom. The summed E-state index contributed by atoms with van der Waals surface area (Å²) in [5, 5.41) is 4.79. The maximum Gasteiger partial charge on any atom is 0.234 e. The quantitative estimate of drug-likeness (QED) is 0.842. The number of anilines is 2. The van der Waals surface area contributed by atoms with E-state index in [2.05, 4.69) is 10.3 Å². The Morgan fingerprint density at radius 3 is 2.79 bits per heavy atom. The minimum atomic E-state index is -0.742. The van der Waals surface area contributed by atoms with Crippen molar-refractivity contribution in [2.45, 2.75) is 19.3 Å². The van der Waals surface area contributed by atoms with Crippen LogP contribution in [-0.4, -0.2) is 10.9 Å². The van der Waals surface area contributed by atoms with Crippen molar-refractivity contribution in [3.63, 3.8) is 0 Å². The number of nitrogens with one attached hydrogen (secondary N) is 1. The number of carbonyl (C=O) groups is 1. The van der Waals surface area contributed by atoms with E-state index in [4.69, 9.17) is 5.73 Å². The van der Waals surface area contributed by atoms with Crippen molar-refractivity contribution in [3.05, 3.63) is 28.9 Å². The minimum absolute atomic E-state index is 0.198. The van der Waals surface area contributed by atoms with E-state index in [0.29, 0.717) is 22.0 Å². The zero-order valence-corrected chi connectivity index (χ0v) is 11.3. The number of rotatable bonds is 1. The summed E-state index contributed by atoms with van der Waals surface area (Å²) in [5.41, 5.74) is 7.02. The molecular weight excluding hydrogens is 265 g/mol. The van der Waals surface area contributed by atoms with Crippen molar-refractivity contribution in [2.75, 3.05) is 11.1 Å². The lowest BCUT2D eigenvalue weighted by molar-refractivity contribution is -0.119. The first-order valence-corrected chi connectivity index (χ1v) is 6.64. The molecule has 0 unspecified atom stereocenters. The van der Waals surface area contributed by atoms with Crippen molar-refractivity contribution in [2.24, 2.45) is 0 Å². The van der Waals surface area contributed by atoms with E-state index in [1.807, 2.05) is 0 Å². The van der Waals surface area contributed by atoms with Gasteiger partial charge in [-0.15, -0.1) is 11.3 Å². The van der Waals surface area contributed by atoms with Gasteiger partial charge < -0.3 is 11.1 Å². The predicted octanol–water partition coefficient (Wildman–Crippen LogP) is 2.76. The lowest BCUT2D eigenvalue weighted by atomic mass is 9.85. The van der Waals surface area contributed by atoms with Gasteiger partial charge in [-0.05, 0) is 31.5 Å². The number of fused-ring (bicyclic) bond motifs is 1. The van der Waals surface area contributed by atoms with Crippen molar-refractivity contribution in [1.29, 1.82) is 0 Å². The van der Waals surface area contributed by atoms with Crippen molar-refractivity contribution >= 4 is 28.1 Å². The molecule has 0 bridgehead atoms.